The lowest BCUT2D eigenvalue weighted by atomic mass is 9.86. The highest BCUT2D eigenvalue weighted by atomic mass is 15.3. The largest absolute Gasteiger partial charge is 0.295 e. The van der Waals surface area contributed by atoms with Gasteiger partial charge in [0.05, 0.1) is 6.54 Å². The summed E-state index contributed by atoms with van der Waals surface area (Å²) in [5, 5.41) is 4.67. The van der Waals surface area contributed by atoms with Crippen LogP contribution >= 0.6 is 0 Å². The third-order valence-corrected chi connectivity index (χ3v) is 5.18. The Bertz CT molecular complexity index is 726. The van der Waals surface area contributed by atoms with Gasteiger partial charge in [0, 0.05) is 19.2 Å². The van der Waals surface area contributed by atoms with E-state index < -0.39 is 0 Å². The quantitative estimate of drug-likeness (QED) is 0.820. The van der Waals surface area contributed by atoms with E-state index >= 15 is 0 Å². The van der Waals surface area contributed by atoms with Crippen LogP contribution in [0.3, 0.4) is 0 Å². The van der Waals surface area contributed by atoms with Crippen molar-refractivity contribution in [3.05, 3.63) is 41.5 Å². The summed E-state index contributed by atoms with van der Waals surface area (Å²) in [5.41, 5.74) is 3.17. The van der Waals surface area contributed by atoms with Crippen LogP contribution in [0.15, 0.2) is 29.9 Å². The molecular weight excluding hydrogens is 308 g/mol. The van der Waals surface area contributed by atoms with Crippen molar-refractivity contribution < 1.29 is 0 Å². The molecule has 1 fully saturated rings. The van der Waals surface area contributed by atoms with E-state index in [1.807, 2.05) is 11.7 Å². The fourth-order valence-electron chi connectivity index (χ4n) is 3.64. The summed E-state index contributed by atoms with van der Waals surface area (Å²) in [6.45, 7) is 14.6. The second-order valence-electron chi connectivity index (χ2n) is 9.27. The zero-order valence-corrected chi connectivity index (χ0v) is 16.6. The van der Waals surface area contributed by atoms with Gasteiger partial charge in [0.2, 0.25) is 0 Å². The van der Waals surface area contributed by atoms with Crippen molar-refractivity contribution in [2.75, 3.05) is 13.1 Å². The Kier molecular flexibility index (Phi) is 4.76. The van der Waals surface area contributed by atoms with Gasteiger partial charge in [-0.05, 0) is 35.8 Å². The van der Waals surface area contributed by atoms with Crippen molar-refractivity contribution in [2.24, 2.45) is 17.9 Å². The number of hydrogen-bond acceptors (Lipinski definition) is 3. The third kappa shape index (κ3) is 4.30. The zero-order valence-electron chi connectivity index (χ0n) is 16.6. The van der Waals surface area contributed by atoms with E-state index in [1.54, 1.807) is 0 Å². The minimum absolute atomic E-state index is 0.163. The molecule has 4 nitrogen and oxygen atoms in total. The van der Waals surface area contributed by atoms with Gasteiger partial charge in [-0.2, -0.15) is 5.10 Å². The molecule has 0 atom stereocenters. The molecule has 1 saturated heterocycles. The molecule has 2 heterocycles. The monoisotopic (exact) mass is 340 g/mol. The molecule has 1 aliphatic carbocycles. The number of hydrogen-bond donors (Lipinski definition) is 0. The number of likely N-dealkylation sites (tertiary alicyclic amines) is 1. The molecule has 0 spiro atoms. The smallest absolute Gasteiger partial charge is 0.165 e. The van der Waals surface area contributed by atoms with Crippen LogP contribution in [0.25, 0.3) is 5.57 Å². The number of allylic oxidation sites excluding steroid dienone is 6. The Morgan fingerprint density at radius 3 is 2.60 bits per heavy atom. The van der Waals surface area contributed by atoms with Crippen LogP contribution in [0.5, 0.6) is 0 Å². The zero-order chi connectivity index (χ0) is 18.2. The summed E-state index contributed by atoms with van der Waals surface area (Å²) in [7, 11) is 2.00. The summed E-state index contributed by atoms with van der Waals surface area (Å²) in [6, 6.07) is 0. The van der Waals surface area contributed by atoms with E-state index in [9.17, 15) is 0 Å². The third-order valence-electron chi connectivity index (χ3n) is 5.18. The molecule has 2 aliphatic rings. The van der Waals surface area contributed by atoms with Gasteiger partial charge in [-0.1, -0.05) is 58.9 Å². The van der Waals surface area contributed by atoms with Crippen LogP contribution in [0.2, 0.25) is 0 Å². The molecule has 0 N–H and O–H groups in total. The summed E-state index contributed by atoms with van der Waals surface area (Å²) in [4.78, 5) is 7.32. The van der Waals surface area contributed by atoms with Crippen LogP contribution in [0.1, 0.15) is 59.1 Å². The van der Waals surface area contributed by atoms with Gasteiger partial charge in [-0.3, -0.25) is 4.90 Å². The molecule has 0 amide bonds. The molecule has 136 valence electrons. The maximum Gasteiger partial charge on any atom is 0.165 e. The topological polar surface area (TPSA) is 34.0 Å². The predicted molar refractivity (Wildman–Crippen MR) is 104 cm³/mol. The highest BCUT2D eigenvalue weighted by Crippen LogP contribution is 2.31. The molecule has 0 bridgehead atoms. The van der Waals surface area contributed by atoms with E-state index in [1.165, 1.54) is 17.6 Å². The first-order valence-electron chi connectivity index (χ1n) is 9.35. The molecule has 1 aromatic heterocycles. The Balaban J connectivity index is 1.78. The summed E-state index contributed by atoms with van der Waals surface area (Å²) < 4.78 is 1.94. The van der Waals surface area contributed by atoms with Crippen molar-refractivity contribution in [3.63, 3.8) is 0 Å². The molecule has 1 aliphatic heterocycles. The summed E-state index contributed by atoms with van der Waals surface area (Å²) in [5.74, 6) is 1.92. The molecule has 0 aromatic carbocycles. The van der Waals surface area contributed by atoms with Crippen molar-refractivity contribution >= 4 is 5.57 Å². The lowest BCUT2D eigenvalue weighted by molar-refractivity contribution is 0.278. The molecular formula is C21H32N4. The Hall–Kier alpha value is -1.68. The normalized spacial score (nSPS) is 21.2. The molecule has 25 heavy (non-hydrogen) atoms. The standard InChI is InChI=1S/C21H32N4/c1-20(2,3)17-9-7-8-16(10-11-17)19-22-18(23-24(19)6)14-25-13-12-21(4,5)15-25/h7,9-11H,8,12-15H2,1-6H3. The van der Waals surface area contributed by atoms with Gasteiger partial charge in [-0.15, -0.1) is 0 Å². The first kappa shape index (κ1) is 18.1. The van der Waals surface area contributed by atoms with Crippen molar-refractivity contribution in [2.45, 2.75) is 54.0 Å². The lowest BCUT2D eigenvalue weighted by Gasteiger charge is -2.19. The Morgan fingerprint density at radius 2 is 1.96 bits per heavy atom. The molecule has 4 heteroatoms. The second-order valence-corrected chi connectivity index (χ2v) is 9.27. The van der Waals surface area contributed by atoms with Crippen LogP contribution < -0.4 is 0 Å². The minimum atomic E-state index is 0.163. The van der Waals surface area contributed by atoms with Gasteiger partial charge in [0.1, 0.15) is 0 Å². The Morgan fingerprint density at radius 1 is 1.20 bits per heavy atom. The van der Waals surface area contributed by atoms with Gasteiger partial charge >= 0.3 is 0 Å². The number of aromatic nitrogens is 3. The van der Waals surface area contributed by atoms with E-state index in [0.29, 0.717) is 5.41 Å². The average Bonchev–Trinajstić information content (AvgIpc) is 2.90. The first-order chi connectivity index (χ1) is 11.6. The van der Waals surface area contributed by atoms with E-state index in [0.717, 1.165) is 37.7 Å². The summed E-state index contributed by atoms with van der Waals surface area (Å²) >= 11 is 0. The van der Waals surface area contributed by atoms with E-state index in [2.05, 4.69) is 68.9 Å². The van der Waals surface area contributed by atoms with Crippen molar-refractivity contribution in [1.82, 2.24) is 19.7 Å². The number of nitrogens with zero attached hydrogens (tertiary/aromatic N) is 4. The lowest BCUT2D eigenvalue weighted by Crippen LogP contribution is -2.23. The maximum absolute atomic E-state index is 4.85. The van der Waals surface area contributed by atoms with Crippen molar-refractivity contribution in [1.29, 1.82) is 0 Å². The molecule has 3 rings (SSSR count). The number of aryl methyl sites for hydroxylation is 1. The van der Waals surface area contributed by atoms with Crippen LogP contribution in [0.4, 0.5) is 0 Å². The second kappa shape index (κ2) is 6.56. The molecule has 0 unspecified atom stereocenters. The predicted octanol–water partition coefficient (Wildman–Crippen LogP) is 4.36. The maximum atomic E-state index is 4.85. The summed E-state index contributed by atoms with van der Waals surface area (Å²) in [6.07, 6.45) is 11.1. The van der Waals surface area contributed by atoms with Gasteiger partial charge in [0.25, 0.3) is 0 Å². The molecule has 0 saturated carbocycles. The van der Waals surface area contributed by atoms with Crippen LogP contribution in [-0.4, -0.2) is 32.8 Å². The van der Waals surface area contributed by atoms with E-state index in [-0.39, 0.29) is 5.41 Å². The fraction of sp³-hybridized carbons (Fsp3) is 0.619. The molecule has 1 aromatic rings. The van der Waals surface area contributed by atoms with Crippen LogP contribution in [0, 0.1) is 10.8 Å². The number of rotatable bonds is 3. The van der Waals surface area contributed by atoms with Gasteiger partial charge in [-0.25, -0.2) is 9.67 Å². The van der Waals surface area contributed by atoms with Gasteiger partial charge < -0.3 is 0 Å². The van der Waals surface area contributed by atoms with Crippen LogP contribution in [-0.2, 0) is 13.6 Å². The van der Waals surface area contributed by atoms with Crippen molar-refractivity contribution in [3.8, 4) is 0 Å². The SMILES string of the molecule is Cn1nc(CN2CCC(C)(C)C2)nc1C1=CC=C(C(C)(C)C)C=CC1. The highest BCUT2D eigenvalue weighted by Gasteiger charge is 2.29. The van der Waals surface area contributed by atoms with Gasteiger partial charge in [0.15, 0.2) is 11.6 Å². The highest BCUT2D eigenvalue weighted by molar-refractivity contribution is 5.65. The fourth-order valence-corrected chi connectivity index (χ4v) is 3.64. The minimum Gasteiger partial charge on any atom is -0.295 e. The Labute approximate surface area is 152 Å². The average molecular weight is 341 g/mol. The van der Waals surface area contributed by atoms with E-state index in [4.69, 9.17) is 4.98 Å². The molecule has 0 radical (unpaired) electrons. The first-order valence-corrected chi connectivity index (χ1v) is 9.35.